The van der Waals surface area contributed by atoms with Gasteiger partial charge in [-0.2, -0.15) is 0 Å². The predicted molar refractivity (Wildman–Crippen MR) is 97.2 cm³/mol. The molecule has 2 nitrogen and oxygen atoms in total. The van der Waals surface area contributed by atoms with E-state index in [4.69, 9.17) is 9.31 Å². The van der Waals surface area contributed by atoms with Crippen LogP contribution in [0.25, 0.3) is 6.08 Å². The fraction of sp³-hybridized carbons (Fsp3) is 0.556. The summed E-state index contributed by atoms with van der Waals surface area (Å²) >= 11 is 1.79. The minimum atomic E-state index is -0.941. The lowest BCUT2D eigenvalue weighted by atomic mass is 9.87. The lowest BCUT2D eigenvalue weighted by Gasteiger charge is -2.32. The molecule has 0 radical (unpaired) electrons. The van der Waals surface area contributed by atoms with Crippen molar-refractivity contribution in [3.63, 3.8) is 0 Å². The van der Waals surface area contributed by atoms with Crippen molar-refractivity contribution in [1.29, 1.82) is 0 Å². The van der Waals surface area contributed by atoms with E-state index >= 15 is 0 Å². The molecule has 1 aliphatic heterocycles. The molecule has 1 heterocycles. The fourth-order valence-corrected chi connectivity index (χ4v) is 3.15. The Hall–Kier alpha value is -0.775. The van der Waals surface area contributed by atoms with Gasteiger partial charge in [-0.3, -0.25) is 0 Å². The molecule has 23 heavy (non-hydrogen) atoms. The van der Waals surface area contributed by atoms with Gasteiger partial charge >= 0.3 is 7.12 Å². The van der Waals surface area contributed by atoms with Crippen molar-refractivity contribution < 1.29 is 13.7 Å². The lowest BCUT2D eigenvalue weighted by Crippen LogP contribution is -2.41. The summed E-state index contributed by atoms with van der Waals surface area (Å²) in [6.07, 6.45) is 1.48. The van der Waals surface area contributed by atoms with Gasteiger partial charge in [-0.15, -0.1) is 11.8 Å². The Balaban J connectivity index is 2.10. The molecule has 0 amide bonds. The molecule has 0 N–H and O–H groups in total. The van der Waals surface area contributed by atoms with Crippen LogP contribution in [0.2, 0.25) is 0 Å². The molecule has 1 aliphatic rings. The van der Waals surface area contributed by atoms with E-state index in [1.54, 1.807) is 11.8 Å². The highest BCUT2D eigenvalue weighted by molar-refractivity contribution is 8.00. The SMILES string of the molecule is CC(C)(C)Sc1ccc(C=C(F)B2OC(C)(C)C(C)(C)O2)cc1. The highest BCUT2D eigenvalue weighted by atomic mass is 32.2. The lowest BCUT2D eigenvalue weighted by molar-refractivity contribution is 0.00578. The number of hydrogen-bond acceptors (Lipinski definition) is 3. The zero-order valence-electron chi connectivity index (χ0n) is 15.1. The minimum absolute atomic E-state index is 0.158. The van der Waals surface area contributed by atoms with E-state index < -0.39 is 24.0 Å². The summed E-state index contributed by atoms with van der Waals surface area (Å²) in [5.41, 5.74) is -0.665. The molecule has 0 aliphatic carbocycles. The zero-order chi connectivity index (χ0) is 17.5. The number of hydrogen-bond donors (Lipinski definition) is 0. The first-order valence-electron chi connectivity index (χ1n) is 7.91. The highest BCUT2D eigenvalue weighted by Crippen LogP contribution is 2.39. The average Bonchev–Trinajstić information content (AvgIpc) is 2.59. The summed E-state index contributed by atoms with van der Waals surface area (Å²) in [4.78, 5) is 1.17. The third-order valence-corrected chi connectivity index (χ3v) is 5.21. The molecule has 0 aromatic heterocycles. The smallest absolute Gasteiger partial charge is 0.398 e. The van der Waals surface area contributed by atoms with Crippen LogP contribution in [0.4, 0.5) is 4.39 Å². The predicted octanol–water partition coefficient (Wildman–Crippen LogP) is 5.52. The molecule has 5 heteroatoms. The molecule has 1 saturated heterocycles. The van der Waals surface area contributed by atoms with E-state index in [1.165, 1.54) is 11.0 Å². The van der Waals surface area contributed by atoms with Crippen molar-refractivity contribution in [3.8, 4) is 0 Å². The zero-order valence-corrected chi connectivity index (χ0v) is 15.9. The van der Waals surface area contributed by atoms with Crippen molar-refractivity contribution >= 4 is 25.0 Å². The molecule has 1 fully saturated rings. The van der Waals surface area contributed by atoms with Gasteiger partial charge in [0.1, 0.15) is 5.73 Å². The molecule has 0 atom stereocenters. The van der Waals surface area contributed by atoms with Crippen LogP contribution in [0.3, 0.4) is 0 Å². The van der Waals surface area contributed by atoms with Crippen molar-refractivity contribution in [1.82, 2.24) is 0 Å². The summed E-state index contributed by atoms with van der Waals surface area (Å²) in [7, 11) is -0.941. The second kappa shape index (κ2) is 6.27. The molecule has 126 valence electrons. The first-order chi connectivity index (χ1) is 10.4. The maximum absolute atomic E-state index is 14.5. The van der Waals surface area contributed by atoms with Crippen LogP contribution < -0.4 is 0 Å². The highest BCUT2D eigenvalue weighted by Gasteiger charge is 2.53. The second-order valence-electron chi connectivity index (χ2n) is 7.90. The normalized spacial score (nSPS) is 20.9. The molecule has 0 saturated carbocycles. The second-order valence-corrected chi connectivity index (χ2v) is 9.80. The van der Waals surface area contributed by atoms with Gasteiger partial charge in [0, 0.05) is 9.64 Å². The van der Waals surface area contributed by atoms with Crippen LogP contribution in [0.5, 0.6) is 0 Å². The molecule has 1 aromatic carbocycles. The van der Waals surface area contributed by atoms with Gasteiger partial charge in [-0.05, 0) is 51.5 Å². The Morgan fingerprint density at radius 1 is 1.04 bits per heavy atom. The Morgan fingerprint density at radius 3 is 1.96 bits per heavy atom. The van der Waals surface area contributed by atoms with Gasteiger partial charge in [0.15, 0.2) is 0 Å². The summed E-state index contributed by atoms with van der Waals surface area (Å²) < 4.78 is 26.1. The topological polar surface area (TPSA) is 18.5 Å². The first kappa shape index (κ1) is 18.6. The van der Waals surface area contributed by atoms with Crippen molar-refractivity contribution in [2.45, 2.75) is 69.3 Å². The third-order valence-electron chi connectivity index (χ3n) is 4.09. The summed E-state index contributed by atoms with van der Waals surface area (Å²) in [5, 5.41) is 0. The Labute approximate surface area is 144 Å². The standard InChI is InChI=1S/C18H26BFO2S/c1-16(2,3)23-14-10-8-13(9-11-14)12-15(20)19-21-17(4,5)18(6,7)22-19/h8-12H,1-7H3. The van der Waals surface area contributed by atoms with Gasteiger partial charge in [-0.25, -0.2) is 4.39 Å². The molecule has 0 unspecified atom stereocenters. The van der Waals surface area contributed by atoms with Crippen LogP contribution in [0.1, 0.15) is 54.0 Å². The van der Waals surface area contributed by atoms with Crippen LogP contribution in [0, 0.1) is 0 Å². The van der Waals surface area contributed by atoms with Crippen LogP contribution in [-0.4, -0.2) is 23.1 Å². The summed E-state index contributed by atoms with van der Waals surface area (Å²) in [6.45, 7) is 14.2. The van der Waals surface area contributed by atoms with Gasteiger partial charge in [0.05, 0.1) is 11.2 Å². The van der Waals surface area contributed by atoms with E-state index in [9.17, 15) is 4.39 Å². The fourth-order valence-electron chi connectivity index (χ4n) is 2.17. The largest absolute Gasteiger partial charge is 0.525 e. The molecular formula is C18H26BFO2S. The summed E-state index contributed by atoms with van der Waals surface area (Å²) in [6, 6.07) is 7.86. The van der Waals surface area contributed by atoms with Crippen LogP contribution in [-0.2, 0) is 9.31 Å². The van der Waals surface area contributed by atoms with Gasteiger partial charge in [-0.1, -0.05) is 32.9 Å². The van der Waals surface area contributed by atoms with Crippen molar-refractivity contribution in [2.24, 2.45) is 0 Å². The van der Waals surface area contributed by atoms with E-state index in [0.29, 0.717) is 0 Å². The maximum Gasteiger partial charge on any atom is 0.525 e. The molecule has 0 spiro atoms. The van der Waals surface area contributed by atoms with Gasteiger partial charge < -0.3 is 9.31 Å². The van der Waals surface area contributed by atoms with Crippen LogP contribution >= 0.6 is 11.8 Å². The number of halogens is 1. The summed E-state index contributed by atoms with van der Waals surface area (Å²) in [5.74, 6) is 0. The van der Waals surface area contributed by atoms with E-state index in [1.807, 2.05) is 52.0 Å². The number of rotatable bonds is 3. The minimum Gasteiger partial charge on any atom is -0.398 e. The number of benzene rings is 1. The monoisotopic (exact) mass is 336 g/mol. The Bertz CT molecular complexity index is 572. The molecule has 2 rings (SSSR count). The number of thioether (sulfide) groups is 1. The maximum atomic E-state index is 14.5. The average molecular weight is 336 g/mol. The Kier molecular flexibility index (Phi) is 5.06. The van der Waals surface area contributed by atoms with Crippen molar-refractivity contribution in [3.05, 3.63) is 35.6 Å². The quantitative estimate of drug-likeness (QED) is 0.535. The van der Waals surface area contributed by atoms with E-state index in [0.717, 1.165) is 5.56 Å². The van der Waals surface area contributed by atoms with Crippen molar-refractivity contribution in [2.75, 3.05) is 0 Å². The van der Waals surface area contributed by atoms with Crippen LogP contribution in [0.15, 0.2) is 34.9 Å². The molecule has 0 bridgehead atoms. The Morgan fingerprint density at radius 2 is 1.52 bits per heavy atom. The van der Waals surface area contributed by atoms with E-state index in [2.05, 4.69) is 20.8 Å². The van der Waals surface area contributed by atoms with E-state index in [-0.39, 0.29) is 4.75 Å². The molecular weight excluding hydrogens is 310 g/mol. The third kappa shape index (κ3) is 4.62. The molecule has 1 aromatic rings. The first-order valence-corrected chi connectivity index (χ1v) is 8.73. The van der Waals surface area contributed by atoms with Gasteiger partial charge in [0.25, 0.3) is 0 Å². The van der Waals surface area contributed by atoms with Gasteiger partial charge in [0.2, 0.25) is 0 Å².